The Morgan fingerprint density at radius 2 is 1.89 bits per heavy atom. The van der Waals surface area contributed by atoms with Crippen molar-refractivity contribution in [3.05, 3.63) is 53.3 Å². The standard InChI is InChI=1S/C14H13ClN2O2/c1-17(2)11-5-3-10(4-6-11)14(18)19-13-7-8-16-9-12(13)15/h3-9H,1-2H3. The number of aromatic nitrogens is 1. The van der Waals surface area contributed by atoms with Gasteiger partial charge in [-0.05, 0) is 24.3 Å². The molecule has 0 unspecified atom stereocenters. The van der Waals surface area contributed by atoms with Gasteiger partial charge in [0.2, 0.25) is 0 Å². The molecule has 0 atom stereocenters. The van der Waals surface area contributed by atoms with Crippen LogP contribution in [0.5, 0.6) is 5.75 Å². The molecule has 19 heavy (non-hydrogen) atoms. The number of nitrogens with zero attached hydrogens (tertiary/aromatic N) is 2. The van der Waals surface area contributed by atoms with Crippen LogP contribution in [0.2, 0.25) is 5.02 Å². The third-order valence-electron chi connectivity index (χ3n) is 2.56. The quantitative estimate of drug-likeness (QED) is 0.808. The van der Waals surface area contributed by atoms with Crippen molar-refractivity contribution in [1.29, 1.82) is 0 Å². The summed E-state index contributed by atoms with van der Waals surface area (Å²) in [6.07, 6.45) is 2.95. The fourth-order valence-electron chi connectivity index (χ4n) is 1.50. The second kappa shape index (κ2) is 5.71. The lowest BCUT2D eigenvalue weighted by Gasteiger charge is -2.12. The fraction of sp³-hybridized carbons (Fsp3) is 0.143. The Balaban J connectivity index is 2.14. The van der Waals surface area contributed by atoms with Gasteiger partial charge in [0.25, 0.3) is 0 Å². The maximum absolute atomic E-state index is 11.9. The van der Waals surface area contributed by atoms with Crippen LogP contribution in [0.4, 0.5) is 5.69 Å². The molecule has 4 nitrogen and oxygen atoms in total. The zero-order valence-corrected chi connectivity index (χ0v) is 11.4. The Morgan fingerprint density at radius 3 is 2.47 bits per heavy atom. The Morgan fingerprint density at radius 1 is 1.21 bits per heavy atom. The van der Waals surface area contributed by atoms with Gasteiger partial charge in [-0.15, -0.1) is 0 Å². The van der Waals surface area contributed by atoms with Crippen LogP contribution in [0.1, 0.15) is 10.4 Å². The highest BCUT2D eigenvalue weighted by molar-refractivity contribution is 6.32. The second-order valence-corrected chi connectivity index (χ2v) is 4.54. The number of hydrogen-bond donors (Lipinski definition) is 0. The van der Waals surface area contributed by atoms with Crippen molar-refractivity contribution in [2.45, 2.75) is 0 Å². The SMILES string of the molecule is CN(C)c1ccc(C(=O)Oc2ccncc2Cl)cc1. The van der Waals surface area contributed by atoms with Crippen molar-refractivity contribution in [3.8, 4) is 5.75 Å². The molecule has 0 spiro atoms. The number of pyridine rings is 1. The molecule has 0 N–H and O–H groups in total. The molecular formula is C14H13ClN2O2. The third-order valence-corrected chi connectivity index (χ3v) is 2.84. The summed E-state index contributed by atoms with van der Waals surface area (Å²) in [7, 11) is 3.87. The third kappa shape index (κ3) is 3.23. The highest BCUT2D eigenvalue weighted by Crippen LogP contribution is 2.23. The number of esters is 1. The highest BCUT2D eigenvalue weighted by Gasteiger charge is 2.11. The number of hydrogen-bond acceptors (Lipinski definition) is 4. The fourth-order valence-corrected chi connectivity index (χ4v) is 1.66. The molecule has 0 saturated carbocycles. The van der Waals surface area contributed by atoms with E-state index in [1.54, 1.807) is 18.2 Å². The molecule has 5 heteroatoms. The molecule has 0 saturated heterocycles. The Bertz CT molecular complexity index is 582. The second-order valence-electron chi connectivity index (χ2n) is 4.14. The molecule has 1 aromatic heterocycles. The minimum Gasteiger partial charge on any atom is -0.421 e. The van der Waals surface area contributed by atoms with E-state index >= 15 is 0 Å². The van der Waals surface area contributed by atoms with Crippen LogP contribution in [-0.4, -0.2) is 25.0 Å². The van der Waals surface area contributed by atoms with Crippen LogP contribution >= 0.6 is 11.6 Å². The normalized spacial score (nSPS) is 10.1. The Kier molecular flexibility index (Phi) is 4.02. The van der Waals surface area contributed by atoms with Gasteiger partial charge in [-0.3, -0.25) is 4.98 Å². The van der Waals surface area contributed by atoms with Crippen molar-refractivity contribution in [2.24, 2.45) is 0 Å². The van der Waals surface area contributed by atoms with E-state index in [2.05, 4.69) is 4.98 Å². The molecule has 0 amide bonds. The van der Waals surface area contributed by atoms with Crippen LogP contribution in [0.15, 0.2) is 42.7 Å². The molecular weight excluding hydrogens is 264 g/mol. The van der Waals surface area contributed by atoms with Gasteiger partial charge >= 0.3 is 5.97 Å². The summed E-state index contributed by atoms with van der Waals surface area (Å²) in [5.41, 5.74) is 1.48. The van der Waals surface area contributed by atoms with E-state index in [0.29, 0.717) is 16.3 Å². The van der Waals surface area contributed by atoms with Crippen molar-refractivity contribution < 1.29 is 9.53 Å². The van der Waals surface area contributed by atoms with Crippen LogP contribution in [0, 0.1) is 0 Å². The molecule has 0 aliphatic heterocycles. The first-order chi connectivity index (χ1) is 9.08. The molecule has 0 aliphatic carbocycles. The monoisotopic (exact) mass is 276 g/mol. The molecule has 0 fully saturated rings. The van der Waals surface area contributed by atoms with Crippen LogP contribution in [0.25, 0.3) is 0 Å². The van der Waals surface area contributed by atoms with Crippen molar-refractivity contribution >= 4 is 23.3 Å². The molecule has 1 aromatic carbocycles. The van der Waals surface area contributed by atoms with Crippen LogP contribution in [0.3, 0.4) is 0 Å². The van der Waals surface area contributed by atoms with E-state index in [9.17, 15) is 4.79 Å². The lowest BCUT2D eigenvalue weighted by atomic mass is 10.2. The van der Waals surface area contributed by atoms with Gasteiger partial charge in [-0.2, -0.15) is 0 Å². The number of anilines is 1. The maximum atomic E-state index is 11.9. The molecule has 2 aromatic rings. The number of halogens is 1. The molecule has 0 aliphatic rings. The first kappa shape index (κ1) is 13.4. The summed E-state index contributed by atoms with van der Waals surface area (Å²) in [6.45, 7) is 0. The van der Waals surface area contributed by atoms with Crippen molar-refractivity contribution in [2.75, 3.05) is 19.0 Å². The number of ether oxygens (including phenoxy) is 1. The number of carbonyl (C=O) groups is 1. The smallest absolute Gasteiger partial charge is 0.343 e. The molecule has 2 rings (SSSR count). The number of rotatable bonds is 3. The topological polar surface area (TPSA) is 42.4 Å². The zero-order chi connectivity index (χ0) is 13.8. The molecule has 0 bridgehead atoms. The first-order valence-corrected chi connectivity index (χ1v) is 6.05. The van der Waals surface area contributed by atoms with E-state index in [0.717, 1.165) is 5.69 Å². The van der Waals surface area contributed by atoms with Gasteiger partial charge < -0.3 is 9.64 Å². The Labute approximate surface area is 116 Å². The number of benzene rings is 1. The summed E-state index contributed by atoms with van der Waals surface area (Å²) < 4.78 is 5.21. The summed E-state index contributed by atoms with van der Waals surface area (Å²) in [6, 6.07) is 8.68. The lowest BCUT2D eigenvalue weighted by Crippen LogP contribution is -2.11. The minimum absolute atomic E-state index is 0.304. The highest BCUT2D eigenvalue weighted by atomic mass is 35.5. The summed E-state index contributed by atoms with van der Waals surface area (Å²) >= 11 is 5.88. The van der Waals surface area contributed by atoms with E-state index in [-0.39, 0.29) is 0 Å². The van der Waals surface area contributed by atoms with Gasteiger partial charge in [0.15, 0.2) is 5.75 Å². The zero-order valence-electron chi connectivity index (χ0n) is 10.6. The van der Waals surface area contributed by atoms with E-state index in [1.165, 1.54) is 12.4 Å². The largest absolute Gasteiger partial charge is 0.421 e. The summed E-state index contributed by atoms with van der Waals surface area (Å²) in [5.74, 6) is -0.142. The molecule has 1 heterocycles. The lowest BCUT2D eigenvalue weighted by molar-refractivity contribution is 0.0735. The van der Waals surface area contributed by atoms with Gasteiger partial charge in [-0.1, -0.05) is 11.6 Å². The average Bonchev–Trinajstić information content (AvgIpc) is 2.41. The predicted octanol–water partition coefficient (Wildman–Crippen LogP) is 3.02. The van der Waals surface area contributed by atoms with Gasteiger partial charge in [0.1, 0.15) is 5.02 Å². The van der Waals surface area contributed by atoms with Gasteiger partial charge in [0, 0.05) is 38.2 Å². The van der Waals surface area contributed by atoms with Gasteiger partial charge in [0.05, 0.1) is 5.56 Å². The number of carbonyl (C=O) groups excluding carboxylic acids is 1. The summed E-state index contributed by atoms with van der Waals surface area (Å²) in [4.78, 5) is 17.7. The van der Waals surface area contributed by atoms with E-state index in [1.807, 2.05) is 31.1 Å². The predicted molar refractivity (Wildman–Crippen MR) is 75.0 cm³/mol. The minimum atomic E-state index is -0.446. The summed E-state index contributed by atoms with van der Waals surface area (Å²) in [5, 5.41) is 0.306. The average molecular weight is 277 g/mol. The first-order valence-electron chi connectivity index (χ1n) is 5.67. The maximum Gasteiger partial charge on any atom is 0.343 e. The molecule has 98 valence electrons. The van der Waals surface area contributed by atoms with E-state index < -0.39 is 5.97 Å². The van der Waals surface area contributed by atoms with Crippen molar-refractivity contribution in [1.82, 2.24) is 4.98 Å². The Hall–Kier alpha value is -2.07. The molecule has 0 radical (unpaired) electrons. The van der Waals surface area contributed by atoms with E-state index in [4.69, 9.17) is 16.3 Å². The van der Waals surface area contributed by atoms with Crippen LogP contribution in [-0.2, 0) is 0 Å². The van der Waals surface area contributed by atoms with Crippen molar-refractivity contribution in [3.63, 3.8) is 0 Å². The van der Waals surface area contributed by atoms with Gasteiger partial charge in [-0.25, -0.2) is 4.79 Å². The van der Waals surface area contributed by atoms with Crippen LogP contribution < -0.4 is 9.64 Å².